The van der Waals surface area contributed by atoms with Crippen LogP contribution in [0.15, 0.2) is 48.5 Å². The maximum Gasteiger partial charge on any atom is 0.121 e. The average Bonchev–Trinajstić information content (AvgIpc) is 2.37. The largest absolute Gasteiger partial charge is 0.489 e. The third-order valence-electron chi connectivity index (χ3n) is 2.64. The first-order chi connectivity index (χ1) is 9.15. The minimum absolute atomic E-state index is 0.402. The number of ether oxygens (including phenoxy) is 1. The standard InChI is InChI=1S/C16H18ClNO/c1-12(2)18-14-7-5-8-15(10-14)19-11-13-6-3-4-9-16(13)17/h3-10,12,18H,11H2,1-2H3. The predicted molar refractivity (Wildman–Crippen MR) is 81.0 cm³/mol. The molecule has 19 heavy (non-hydrogen) atoms. The van der Waals surface area contributed by atoms with Crippen LogP contribution in [0.25, 0.3) is 0 Å². The van der Waals surface area contributed by atoms with Crippen LogP contribution < -0.4 is 10.1 Å². The molecule has 0 saturated heterocycles. The van der Waals surface area contributed by atoms with E-state index in [2.05, 4.69) is 19.2 Å². The second-order valence-electron chi connectivity index (χ2n) is 4.71. The second kappa shape index (κ2) is 6.48. The van der Waals surface area contributed by atoms with Crippen molar-refractivity contribution in [3.05, 3.63) is 59.1 Å². The van der Waals surface area contributed by atoms with Crippen LogP contribution in [0.5, 0.6) is 5.75 Å². The van der Waals surface area contributed by atoms with Gasteiger partial charge in [0.2, 0.25) is 0 Å². The molecule has 0 aliphatic carbocycles. The molecule has 1 N–H and O–H groups in total. The minimum atomic E-state index is 0.402. The molecule has 100 valence electrons. The van der Waals surface area contributed by atoms with Crippen LogP contribution in [0.3, 0.4) is 0 Å². The van der Waals surface area contributed by atoms with Crippen molar-refractivity contribution >= 4 is 17.3 Å². The Balaban J connectivity index is 2.02. The Kier molecular flexibility index (Phi) is 4.69. The SMILES string of the molecule is CC(C)Nc1cccc(OCc2ccccc2Cl)c1. The van der Waals surface area contributed by atoms with E-state index < -0.39 is 0 Å². The Morgan fingerprint density at radius 3 is 2.63 bits per heavy atom. The van der Waals surface area contributed by atoms with E-state index in [9.17, 15) is 0 Å². The van der Waals surface area contributed by atoms with E-state index in [-0.39, 0.29) is 0 Å². The Bertz CT molecular complexity index is 540. The molecule has 0 spiro atoms. The fourth-order valence-electron chi connectivity index (χ4n) is 1.79. The Labute approximate surface area is 119 Å². The van der Waals surface area contributed by atoms with Gasteiger partial charge < -0.3 is 10.1 Å². The summed E-state index contributed by atoms with van der Waals surface area (Å²) >= 11 is 6.10. The Hall–Kier alpha value is -1.67. The maximum absolute atomic E-state index is 6.10. The van der Waals surface area contributed by atoms with E-state index in [1.54, 1.807) is 0 Å². The zero-order chi connectivity index (χ0) is 13.7. The normalized spacial score (nSPS) is 10.5. The number of hydrogen-bond acceptors (Lipinski definition) is 2. The first kappa shape index (κ1) is 13.8. The molecule has 0 fully saturated rings. The van der Waals surface area contributed by atoms with Crippen LogP contribution in [0.4, 0.5) is 5.69 Å². The molecular weight excluding hydrogens is 258 g/mol. The molecular formula is C16H18ClNO. The van der Waals surface area contributed by atoms with E-state index in [4.69, 9.17) is 16.3 Å². The average molecular weight is 276 g/mol. The quantitative estimate of drug-likeness (QED) is 0.851. The highest BCUT2D eigenvalue weighted by molar-refractivity contribution is 6.31. The molecule has 0 unspecified atom stereocenters. The monoisotopic (exact) mass is 275 g/mol. The van der Waals surface area contributed by atoms with Gasteiger partial charge in [0.25, 0.3) is 0 Å². The highest BCUT2D eigenvalue weighted by atomic mass is 35.5. The van der Waals surface area contributed by atoms with Crippen LogP contribution in [0, 0.1) is 0 Å². The molecule has 2 aromatic carbocycles. The maximum atomic E-state index is 6.10. The topological polar surface area (TPSA) is 21.3 Å². The van der Waals surface area contributed by atoms with Crippen LogP contribution in [-0.2, 0) is 6.61 Å². The zero-order valence-corrected chi connectivity index (χ0v) is 11.9. The zero-order valence-electron chi connectivity index (χ0n) is 11.2. The lowest BCUT2D eigenvalue weighted by atomic mass is 10.2. The summed E-state index contributed by atoms with van der Waals surface area (Å²) in [5.74, 6) is 0.838. The summed E-state index contributed by atoms with van der Waals surface area (Å²) in [6.07, 6.45) is 0. The van der Waals surface area contributed by atoms with Gasteiger partial charge in [-0.25, -0.2) is 0 Å². The lowest BCUT2D eigenvalue weighted by Crippen LogP contribution is -2.09. The summed E-state index contributed by atoms with van der Waals surface area (Å²) in [7, 11) is 0. The molecule has 0 aliphatic heterocycles. The van der Waals surface area contributed by atoms with Crippen LogP contribution in [0.2, 0.25) is 5.02 Å². The first-order valence-electron chi connectivity index (χ1n) is 6.38. The summed E-state index contributed by atoms with van der Waals surface area (Å²) in [4.78, 5) is 0. The molecule has 0 bridgehead atoms. The van der Waals surface area contributed by atoms with Gasteiger partial charge >= 0.3 is 0 Å². The van der Waals surface area contributed by atoms with E-state index in [1.807, 2.05) is 48.5 Å². The van der Waals surface area contributed by atoms with Gasteiger partial charge in [0, 0.05) is 28.4 Å². The van der Waals surface area contributed by atoms with Crippen LogP contribution >= 0.6 is 11.6 Å². The van der Waals surface area contributed by atoms with Gasteiger partial charge in [0.1, 0.15) is 12.4 Å². The van der Waals surface area contributed by atoms with Crippen LogP contribution in [-0.4, -0.2) is 6.04 Å². The highest BCUT2D eigenvalue weighted by Crippen LogP contribution is 2.21. The van der Waals surface area contributed by atoms with Crippen molar-refractivity contribution in [1.82, 2.24) is 0 Å². The Morgan fingerprint density at radius 1 is 1.11 bits per heavy atom. The number of nitrogens with one attached hydrogen (secondary N) is 1. The smallest absolute Gasteiger partial charge is 0.121 e. The van der Waals surface area contributed by atoms with Crippen LogP contribution in [0.1, 0.15) is 19.4 Å². The summed E-state index contributed by atoms with van der Waals surface area (Å²) in [5.41, 5.74) is 2.05. The molecule has 0 aliphatic rings. The molecule has 0 radical (unpaired) electrons. The number of rotatable bonds is 5. The van der Waals surface area contributed by atoms with E-state index in [0.717, 1.165) is 22.0 Å². The molecule has 2 nitrogen and oxygen atoms in total. The molecule has 0 amide bonds. The molecule has 0 heterocycles. The second-order valence-corrected chi connectivity index (χ2v) is 5.11. The van der Waals surface area contributed by atoms with Crippen molar-refractivity contribution in [3.63, 3.8) is 0 Å². The summed E-state index contributed by atoms with van der Waals surface area (Å²) in [5, 5.41) is 4.08. The van der Waals surface area contributed by atoms with Crippen molar-refractivity contribution < 1.29 is 4.74 Å². The predicted octanol–water partition coefficient (Wildman–Crippen LogP) is 4.74. The highest BCUT2D eigenvalue weighted by Gasteiger charge is 2.02. The van der Waals surface area contributed by atoms with Gasteiger partial charge in [0.15, 0.2) is 0 Å². The fraction of sp³-hybridized carbons (Fsp3) is 0.250. The lowest BCUT2D eigenvalue weighted by molar-refractivity contribution is 0.306. The minimum Gasteiger partial charge on any atom is -0.489 e. The number of halogens is 1. The molecule has 0 atom stereocenters. The summed E-state index contributed by atoms with van der Waals surface area (Å²) in [6, 6.07) is 16.1. The Morgan fingerprint density at radius 2 is 1.89 bits per heavy atom. The molecule has 0 saturated carbocycles. The van der Waals surface area contributed by atoms with Gasteiger partial charge in [-0.2, -0.15) is 0 Å². The fourth-order valence-corrected chi connectivity index (χ4v) is 1.98. The molecule has 3 heteroatoms. The lowest BCUT2D eigenvalue weighted by Gasteiger charge is -2.12. The third kappa shape index (κ3) is 4.18. The van der Waals surface area contributed by atoms with Crippen molar-refractivity contribution in [3.8, 4) is 5.75 Å². The summed E-state index contributed by atoms with van der Waals surface area (Å²) in [6.45, 7) is 4.69. The summed E-state index contributed by atoms with van der Waals surface area (Å²) < 4.78 is 5.77. The number of anilines is 1. The van der Waals surface area contributed by atoms with E-state index in [1.165, 1.54) is 0 Å². The van der Waals surface area contributed by atoms with Crippen molar-refractivity contribution in [1.29, 1.82) is 0 Å². The van der Waals surface area contributed by atoms with Gasteiger partial charge in [-0.15, -0.1) is 0 Å². The number of hydrogen-bond donors (Lipinski definition) is 1. The number of benzene rings is 2. The third-order valence-corrected chi connectivity index (χ3v) is 3.01. The molecule has 2 rings (SSSR count). The van der Waals surface area contributed by atoms with Crippen molar-refractivity contribution in [2.24, 2.45) is 0 Å². The van der Waals surface area contributed by atoms with Gasteiger partial charge in [-0.1, -0.05) is 35.9 Å². The van der Waals surface area contributed by atoms with Gasteiger partial charge in [-0.05, 0) is 32.0 Å². The van der Waals surface area contributed by atoms with E-state index >= 15 is 0 Å². The molecule has 2 aromatic rings. The van der Waals surface area contributed by atoms with Crippen molar-refractivity contribution in [2.45, 2.75) is 26.5 Å². The van der Waals surface area contributed by atoms with Gasteiger partial charge in [-0.3, -0.25) is 0 Å². The first-order valence-corrected chi connectivity index (χ1v) is 6.76. The van der Waals surface area contributed by atoms with E-state index in [0.29, 0.717) is 12.6 Å². The molecule has 0 aromatic heterocycles. The van der Waals surface area contributed by atoms with Gasteiger partial charge in [0.05, 0.1) is 0 Å². The van der Waals surface area contributed by atoms with Crippen molar-refractivity contribution in [2.75, 3.05) is 5.32 Å².